The van der Waals surface area contributed by atoms with Crippen molar-refractivity contribution in [3.05, 3.63) is 21.3 Å². The minimum Gasteiger partial charge on any atom is -0.468 e. The number of esters is 1. The van der Waals surface area contributed by atoms with Gasteiger partial charge in [-0.25, -0.2) is 4.79 Å². The van der Waals surface area contributed by atoms with Crippen LogP contribution in [0.3, 0.4) is 0 Å². The summed E-state index contributed by atoms with van der Waals surface area (Å²) in [6.07, 6.45) is 0. The lowest BCUT2D eigenvalue weighted by molar-refractivity contribution is -0.139. The smallest absolute Gasteiger partial charge is 0.331 e. The molecule has 1 atom stereocenters. The van der Waals surface area contributed by atoms with Crippen molar-refractivity contribution in [2.45, 2.75) is 5.38 Å². The van der Waals surface area contributed by atoms with Crippen LogP contribution in [0.2, 0.25) is 4.34 Å². The summed E-state index contributed by atoms with van der Waals surface area (Å²) in [6.45, 7) is 0. The number of carbonyl (C=O) groups is 2. The van der Waals surface area contributed by atoms with Gasteiger partial charge in [0, 0.05) is 0 Å². The largest absolute Gasteiger partial charge is 0.468 e. The highest BCUT2D eigenvalue weighted by molar-refractivity contribution is 7.18. The Morgan fingerprint density at radius 2 is 2.14 bits per heavy atom. The number of halogens is 2. The number of methoxy groups -OCH3 is 1. The minimum atomic E-state index is -1.30. The van der Waals surface area contributed by atoms with Crippen molar-refractivity contribution in [2.75, 3.05) is 7.11 Å². The summed E-state index contributed by atoms with van der Waals surface area (Å²) in [5.74, 6) is -1.25. The van der Waals surface area contributed by atoms with Gasteiger partial charge in [-0.15, -0.1) is 22.9 Å². The fourth-order valence-electron chi connectivity index (χ4n) is 0.782. The molecule has 3 nitrogen and oxygen atoms in total. The van der Waals surface area contributed by atoms with Crippen LogP contribution in [-0.2, 0) is 9.53 Å². The van der Waals surface area contributed by atoms with E-state index in [0.717, 1.165) is 11.3 Å². The van der Waals surface area contributed by atoms with Crippen LogP contribution in [0.4, 0.5) is 0 Å². The highest BCUT2D eigenvalue weighted by Crippen LogP contribution is 2.23. The first-order valence-corrected chi connectivity index (χ1v) is 5.20. The van der Waals surface area contributed by atoms with Gasteiger partial charge >= 0.3 is 5.97 Å². The molecule has 1 heterocycles. The number of hydrogen-bond acceptors (Lipinski definition) is 4. The van der Waals surface area contributed by atoms with E-state index in [1.165, 1.54) is 13.2 Å². The fourth-order valence-corrected chi connectivity index (χ4v) is 2.07. The number of thiophene rings is 1. The Kier molecular flexibility index (Phi) is 3.92. The highest BCUT2D eigenvalue weighted by atomic mass is 35.5. The first kappa shape index (κ1) is 11.5. The molecule has 0 fully saturated rings. The monoisotopic (exact) mass is 252 g/mol. The third kappa shape index (κ3) is 2.47. The molecule has 0 bridgehead atoms. The van der Waals surface area contributed by atoms with Crippen molar-refractivity contribution < 1.29 is 14.3 Å². The second-order valence-corrected chi connectivity index (χ2v) is 4.51. The standard InChI is InChI=1S/C8H6Cl2O3S/c1-13-8(12)6(10)7(11)4-2-3-5(9)14-4/h2-3,6H,1H3. The Morgan fingerprint density at radius 1 is 1.50 bits per heavy atom. The summed E-state index contributed by atoms with van der Waals surface area (Å²) in [7, 11) is 1.17. The lowest BCUT2D eigenvalue weighted by atomic mass is 10.2. The molecule has 0 spiro atoms. The Hall–Kier alpha value is -0.580. The van der Waals surface area contributed by atoms with Crippen LogP contribution in [0.1, 0.15) is 9.67 Å². The van der Waals surface area contributed by atoms with Gasteiger partial charge < -0.3 is 4.74 Å². The molecule has 0 aliphatic heterocycles. The van der Waals surface area contributed by atoms with Crippen molar-refractivity contribution >= 4 is 46.3 Å². The summed E-state index contributed by atoms with van der Waals surface area (Å²) >= 11 is 12.3. The summed E-state index contributed by atoms with van der Waals surface area (Å²) in [6, 6.07) is 3.09. The highest BCUT2D eigenvalue weighted by Gasteiger charge is 2.26. The van der Waals surface area contributed by atoms with Gasteiger partial charge in [0.15, 0.2) is 5.38 Å². The predicted molar refractivity (Wildman–Crippen MR) is 55.3 cm³/mol. The molecule has 0 radical (unpaired) electrons. The number of rotatable bonds is 3. The van der Waals surface area contributed by atoms with Gasteiger partial charge in [-0.2, -0.15) is 0 Å². The van der Waals surface area contributed by atoms with E-state index in [-0.39, 0.29) is 0 Å². The molecule has 1 unspecified atom stereocenters. The van der Waals surface area contributed by atoms with Gasteiger partial charge in [0.25, 0.3) is 0 Å². The maximum atomic E-state index is 11.5. The van der Waals surface area contributed by atoms with E-state index in [4.69, 9.17) is 23.2 Å². The van der Waals surface area contributed by atoms with Crippen LogP contribution in [-0.4, -0.2) is 24.2 Å². The fraction of sp³-hybridized carbons (Fsp3) is 0.250. The van der Waals surface area contributed by atoms with Crippen LogP contribution < -0.4 is 0 Å². The molecule has 1 rings (SSSR count). The van der Waals surface area contributed by atoms with E-state index >= 15 is 0 Å². The van der Waals surface area contributed by atoms with Crippen molar-refractivity contribution in [2.24, 2.45) is 0 Å². The Labute approximate surface area is 94.6 Å². The third-order valence-corrected chi connectivity index (χ3v) is 3.08. The molecule has 0 amide bonds. The lowest BCUT2D eigenvalue weighted by Crippen LogP contribution is -2.25. The van der Waals surface area contributed by atoms with Gasteiger partial charge in [0.2, 0.25) is 5.78 Å². The molecule has 0 N–H and O–H groups in total. The van der Waals surface area contributed by atoms with Crippen molar-refractivity contribution in [1.82, 2.24) is 0 Å². The summed E-state index contributed by atoms with van der Waals surface area (Å²) in [5, 5.41) is -1.30. The maximum absolute atomic E-state index is 11.5. The van der Waals surface area contributed by atoms with Crippen LogP contribution in [0.25, 0.3) is 0 Å². The van der Waals surface area contributed by atoms with E-state index in [1.807, 2.05) is 0 Å². The normalized spacial score (nSPS) is 12.2. The average Bonchev–Trinajstić information content (AvgIpc) is 2.61. The van der Waals surface area contributed by atoms with Crippen LogP contribution in [0.15, 0.2) is 12.1 Å². The number of hydrogen-bond donors (Lipinski definition) is 0. The number of ether oxygens (including phenoxy) is 1. The van der Waals surface area contributed by atoms with Gasteiger partial charge in [-0.3, -0.25) is 4.79 Å². The second kappa shape index (κ2) is 4.77. The van der Waals surface area contributed by atoms with Crippen molar-refractivity contribution in [3.63, 3.8) is 0 Å². The first-order chi connectivity index (χ1) is 6.56. The summed E-state index contributed by atoms with van der Waals surface area (Å²) in [4.78, 5) is 22.8. The molecule has 14 heavy (non-hydrogen) atoms. The molecule has 1 aromatic heterocycles. The summed E-state index contributed by atoms with van der Waals surface area (Å²) < 4.78 is 4.82. The zero-order valence-corrected chi connectivity index (χ0v) is 9.45. The zero-order valence-electron chi connectivity index (χ0n) is 7.12. The molecular weight excluding hydrogens is 247 g/mol. The SMILES string of the molecule is COC(=O)C(Cl)C(=O)c1ccc(Cl)s1. The third-order valence-electron chi connectivity index (χ3n) is 1.45. The van der Waals surface area contributed by atoms with E-state index in [1.54, 1.807) is 6.07 Å². The zero-order chi connectivity index (χ0) is 10.7. The number of ketones is 1. The van der Waals surface area contributed by atoms with E-state index < -0.39 is 17.1 Å². The van der Waals surface area contributed by atoms with Crippen LogP contribution >= 0.6 is 34.5 Å². The lowest BCUT2D eigenvalue weighted by Gasteiger charge is -2.03. The first-order valence-electron chi connectivity index (χ1n) is 3.57. The van der Waals surface area contributed by atoms with Crippen molar-refractivity contribution in [1.29, 1.82) is 0 Å². The van der Waals surface area contributed by atoms with Gasteiger partial charge in [-0.1, -0.05) is 11.6 Å². The van der Waals surface area contributed by atoms with E-state index in [2.05, 4.69) is 4.74 Å². The predicted octanol–water partition coefficient (Wildman–Crippen LogP) is 2.36. The molecule has 0 aliphatic carbocycles. The Balaban J connectivity index is 2.80. The number of Topliss-reactive ketones (excluding diaryl/α,β-unsaturated/α-hetero) is 1. The molecule has 0 aliphatic rings. The Bertz CT molecular complexity index is 361. The van der Waals surface area contributed by atoms with Gasteiger partial charge in [-0.05, 0) is 12.1 Å². The van der Waals surface area contributed by atoms with E-state index in [9.17, 15) is 9.59 Å². The van der Waals surface area contributed by atoms with E-state index in [0.29, 0.717) is 9.21 Å². The van der Waals surface area contributed by atoms with Gasteiger partial charge in [0.05, 0.1) is 16.3 Å². The second-order valence-electron chi connectivity index (χ2n) is 2.35. The molecule has 76 valence electrons. The number of alkyl halides is 1. The molecular formula is C8H6Cl2O3S. The molecule has 0 saturated heterocycles. The van der Waals surface area contributed by atoms with Gasteiger partial charge in [0.1, 0.15) is 0 Å². The topological polar surface area (TPSA) is 43.4 Å². The quantitative estimate of drug-likeness (QED) is 0.359. The summed E-state index contributed by atoms with van der Waals surface area (Å²) in [5.41, 5.74) is 0. The Morgan fingerprint density at radius 3 is 2.57 bits per heavy atom. The van der Waals surface area contributed by atoms with Crippen LogP contribution in [0, 0.1) is 0 Å². The molecule has 0 aromatic carbocycles. The average molecular weight is 253 g/mol. The minimum absolute atomic E-state index is 0.348. The number of carbonyl (C=O) groups excluding carboxylic acids is 2. The molecule has 6 heteroatoms. The van der Waals surface area contributed by atoms with Crippen molar-refractivity contribution in [3.8, 4) is 0 Å². The molecule has 1 aromatic rings. The molecule has 0 saturated carbocycles. The van der Waals surface area contributed by atoms with Crippen LogP contribution in [0.5, 0.6) is 0 Å². The maximum Gasteiger partial charge on any atom is 0.331 e.